The van der Waals surface area contributed by atoms with Gasteiger partial charge in [0.15, 0.2) is 0 Å². The normalized spacial score (nSPS) is 13.6. The first-order chi connectivity index (χ1) is 8.70. The monoisotopic (exact) mass is 243 g/mol. The van der Waals surface area contributed by atoms with Crippen molar-refractivity contribution in [2.24, 2.45) is 5.73 Å². The van der Waals surface area contributed by atoms with Crippen molar-refractivity contribution in [3.05, 3.63) is 51.9 Å². The van der Waals surface area contributed by atoms with Gasteiger partial charge in [0, 0.05) is 6.54 Å². The first kappa shape index (κ1) is 10.8. The summed E-state index contributed by atoms with van der Waals surface area (Å²) >= 11 is 0. The zero-order valence-electron chi connectivity index (χ0n) is 9.80. The van der Waals surface area contributed by atoms with Crippen molar-refractivity contribution in [1.29, 1.82) is 0 Å². The average Bonchev–Trinajstić information content (AvgIpc) is 2.88. The number of primary amides is 1. The third kappa shape index (κ3) is 1.40. The number of carbonyl (C=O) groups excluding carboxylic acids is 1. The Hall–Kier alpha value is -2.30. The number of fused-ring (bicyclic) bond motifs is 1. The second-order valence-corrected chi connectivity index (χ2v) is 4.37. The Morgan fingerprint density at radius 2 is 1.94 bits per heavy atom. The third-order valence-electron chi connectivity index (χ3n) is 3.28. The van der Waals surface area contributed by atoms with Crippen LogP contribution in [0.4, 0.5) is 0 Å². The smallest absolute Gasteiger partial charge is 0.284 e. The summed E-state index contributed by atoms with van der Waals surface area (Å²) in [6.07, 6.45) is 1.66. The Kier molecular flexibility index (Phi) is 2.33. The predicted molar refractivity (Wildman–Crippen MR) is 66.9 cm³/mol. The molecule has 2 N–H and O–H groups in total. The lowest BCUT2D eigenvalue weighted by Gasteiger charge is -2.08. The number of nitrogens with zero attached hydrogens (tertiary/aromatic N) is 2. The van der Waals surface area contributed by atoms with Crippen LogP contribution >= 0.6 is 0 Å². The van der Waals surface area contributed by atoms with Gasteiger partial charge >= 0.3 is 0 Å². The molecule has 18 heavy (non-hydrogen) atoms. The summed E-state index contributed by atoms with van der Waals surface area (Å²) in [7, 11) is 0. The lowest BCUT2D eigenvalue weighted by atomic mass is 10.2. The van der Waals surface area contributed by atoms with E-state index in [1.807, 2.05) is 35.0 Å². The number of hydrogen-bond acceptors (Lipinski definition) is 2. The van der Waals surface area contributed by atoms with Crippen LogP contribution in [-0.2, 0) is 13.0 Å². The van der Waals surface area contributed by atoms with Crippen molar-refractivity contribution in [3.8, 4) is 5.69 Å². The van der Waals surface area contributed by atoms with Crippen LogP contribution in [0.15, 0.2) is 35.1 Å². The van der Waals surface area contributed by atoms with Crippen LogP contribution in [-0.4, -0.2) is 15.3 Å². The molecule has 5 nitrogen and oxygen atoms in total. The molecular formula is C13H13N3O2. The van der Waals surface area contributed by atoms with Crippen LogP contribution in [0.2, 0.25) is 0 Å². The van der Waals surface area contributed by atoms with Gasteiger partial charge in [-0.2, -0.15) is 0 Å². The molecular weight excluding hydrogens is 230 g/mol. The fourth-order valence-corrected chi connectivity index (χ4v) is 2.55. The van der Waals surface area contributed by atoms with E-state index in [1.54, 1.807) is 4.68 Å². The van der Waals surface area contributed by atoms with Crippen LogP contribution in [0.5, 0.6) is 0 Å². The average molecular weight is 243 g/mol. The van der Waals surface area contributed by atoms with Gasteiger partial charge in [-0.05, 0) is 25.0 Å². The molecule has 0 unspecified atom stereocenters. The first-order valence-corrected chi connectivity index (χ1v) is 5.90. The maximum absolute atomic E-state index is 12.3. The number of hydrogen-bond donors (Lipinski definition) is 1. The SMILES string of the molecule is NC(=O)c1c2n(n(-c3ccccc3)c1=O)CCC2. The van der Waals surface area contributed by atoms with Gasteiger partial charge in [-0.3, -0.25) is 14.3 Å². The number of benzene rings is 1. The Morgan fingerprint density at radius 3 is 2.61 bits per heavy atom. The summed E-state index contributed by atoms with van der Waals surface area (Å²) in [5.74, 6) is -0.639. The minimum absolute atomic E-state index is 0.136. The Morgan fingerprint density at radius 1 is 1.22 bits per heavy atom. The van der Waals surface area contributed by atoms with Crippen LogP contribution < -0.4 is 11.3 Å². The Labute approximate surface area is 103 Å². The van der Waals surface area contributed by atoms with Gasteiger partial charge in [0.05, 0.1) is 11.4 Å². The summed E-state index contributed by atoms with van der Waals surface area (Å²) in [4.78, 5) is 23.7. The van der Waals surface area contributed by atoms with E-state index in [4.69, 9.17) is 5.73 Å². The quantitative estimate of drug-likeness (QED) is 0.842. The highest BCUT2D eigenvalue weighted by Gasteiger charge is 2.27. The van der Waals surface area contributed by atoms with Crippen molar-refractivity contribution in [3.63, 3.8) is 0 Å². The minimum atomic E-state index is -0.639. The third-order valence-corrected chi connectivity index (χ3v) is 3.28. The maximum atomic E-state index is 12.3. The summed E-state index contributed by atoms with van der Waals surface area (Å²) < 4.78 is 3.40. The second kappa shape index (κ2) is 3.87. The molecule has 0 saturated carbocycles. The van der Waals surface area contributed by atoms with E-state index < -0.39 is 5.91 Å². The summed E-state index contributed by atoms with van der Waals surface area (Å²) in [5.41, 5.74) is 6.66. The molecule has 0 aliphatic carbocycles. The van der Waals surface area contributed by atoms with Gasteiger partial charge in [0.1, 0.15) is 5.56 Å². The highest BCUT2D eigenvalue weighted by molar-refractivity contribution is 5.93. The lowest BCUT2D eigenvalue weighted by Crippen LogP contribution is -2.26. The Bertz CT molecular complexity index is 668. The van der Waals surface area contributed by atoms with E-state index in [9.17, 15) is 9.59 Å². The van der Waals surface area contributed by atoms with Gasteiger partial charge in [-0.15, -0.1) is 0 Å². The summed E-state index contributed by atoms with van der Waals surface area (Å²) in [5, 5.41) is 0. The van der Waals surface area contributed by atoms with E-state index in [-0.39, 0.29) is 11.1 Å². The summed E-state index contributed by atoms with van der Waals surface area (Å²) in [6, 6.07) is 9.30. The van der Waals surface area contributed by atoms with E-state index in [2.05, 4.69) is 0 Å². The number of carbonyl (C=O) groups is 1. The molecule has 1 aliphatic heterocycles. The molecule has 2 heterocycles. The van der Waals surface area contributed by atoms with Crippen molar-refractivity contribution >= 4 is 5.91 Å². The molecule has 0 radical (unpaired) electrons. The lowest BCUT2D eigenvalue weighted by molar-refractivity contribution is 0.0998. The van der Waals surface area contributed by atoms with Crippen molar-refractivity contribution < 1.29 is 4.79 Å². The van der Waals surface area contributed by atoms with Gasteiger partial charge in [-0.1, -0.05) is 18.2 Å². The van der Waals surface area contributed by atoms with Crippen LogP contribution in [0.1, 0.15) is 22.5 Å². The molecule has 0 saturated heterocycles. The van der Waals surface area contributed by atoms with Gasteiger partial charge in [-0.25, -0.2) is 4.68 Å². The highest BCUT2D eigenvalue weighted by atomic mass is 16.2. The molecule has 0 spiro atoms. The molecule has 3 rings (SSSR count). The van der Waals surface area contributed by atoms with Gasteiger partial charge < -0.3 is 5.73 Å². The molecule has 1 aromatic heterocycles. The zero-order valence-corrected chi connectivity index (χ0v) is 9.80. The number of rotatable bonds is 2. The molecule has 5 heteroatoms. The van der Waals surface area contributed by atoms with Crippen molar-refractivity contribution in [1.82, 2.24) is 9.36 Å². The molecule has 1 amide bonds. The zero-order chi connectivity index (χ0) is 12.7. The highest BCUT2D eigenvalue weighted by Crippen LogP contribution is 2.19. The number of nitrogens with two attached hydrogens (primary N) is 1. The minimum Gasteiger partial charge on any atom is -0.365 e. The van der Waals surface area contributed by atoms with Gasteiger partial charge in [0.25, 0.3) is 11.5 Å². The second-order valence-electron chi connectivity index (χ2n) is 4.37. The number of para-hydroxylation sites is 1. The standard InChI is InChI=1S/C13H13N3O2/c14-12(17)11-10-7-4-8-15(10)16(13(11)18)9-5-2-1-3-6-9/h1-3,5-6H,4,7-8H2,(H2,14,17). The van der Waals surface area contributed by atoms with E-state index in [1.165, 1.54) is 0 Å². The largest absolute Gasteiger partial charge is 0.365 e. The van der Waals surface area contributed by atoms with Crippen LogP contribution in [0.3, 0.4) is 0 Å². The first-order valence-electron chi connectivity index (χ1n) is 5.90. The fraction of sp³-hybridized carbons (Fsp3) is 0.231. The van der Waals surface area contributed by atoms with E-state index in [0.29, 0.717) is 0 Å². The molecule has 0 bridgehead atoms. The van der Waals surface area contributed by atoms with Crippen LogP contribution in [0.25, 0.3) is 5.69 Å². The van der Waals surface area contributed by atoms with Crippen molar-refractivity contribution in [2.75, 3.05) is 0 Å². The molecule has 1 aliphatic rings. The predicted octanol–water partition coefficient (Wildman–Crippen LogP) is 0.684. The number of amides is 1. The maximum Gasteiger partial charge on any atom is 0.284 e. The van der Waals surface area contributed by atoms with E-state index >= 15 is 0 Å². The molecule has 1 aromatic carbocycles. The Balaban J connectivity index is 2.32. The van der Waals surface area contributed by atoms with Crippen molar-refractivity contribution in [2.45, 2.75) is 19.4 Å². The number of aromatic nitrogens is 2. The fourth-order valence-electron chi connectivity index (χ4n) is 2.55. The van der Waals surface area contributed by atoms with Crippen LogP contribution in [0, 0.1) is 0 Å². The molecule has 0 atom stereocenters. The molecule has 0 fully saturated rings. The van der Waals surface area contributed by atoms with E-state index in [0.717, 1.165) is 30.8 Å². The molecule has 92 valence electrons. The topological polar surface area (TPSA) is 70.0 Å². The van der Waals surface area contributed by atoms with Gasteiger partial charge in [0.2, 0.25) is 0 Å². The summed E-state index contributed by atoms with van der Waals surface area (Å²) in [6.45, 7) is 0.743. The molecule has 2 aromatic rings.